The van der Waals surface area contributed by atoms with Crippen molar-refractivity contribution in [1.29, 1.82) is 0 Å². The molecular formula is C21H34F2O8S. The van der Waals surface area contributed by atoms with Crippen molar-refractivity contribution >= 4 is 16.1 Å². The number of alkyl halides is 2. The van der Waals surface area contributed by atoms with Crippen LogP contribution in [0.4, 0.5) is 8.78 Å². The van der Waals surface area contributed by atoms with E-state index in [2.05, 4.69) is 4.74 Å². The number of rotatable bonds is 8. The molecule has 0 heterocycles. The van der Waals surface area contributed by atoms with Gasteiger partial charge in [0.2, 0.25) is 0 Å². The van der Waals surface area contributed by atoms with Crippen molar-refractivity contribution in [3.05, 3.63) is 0 Å². The van der Waals surface area contributed by atoms with E-state index in [0.29, 0.717) is 32.1 Å². The number of ether oxygens (including phenoxy) is 2. The number of esters is 1. The molecule has 32 heavy (non-hydrogen) atoms. The van der Waals surface area contributed by atoms with Gasteiger partial charge in [-0.15, -0.1) is 0 Å². The van der Waals surface area contributed by atoms with Gasteiger partial charge in [0.1, 0.15) is 6.61 Å². The fourth-order valence-corrected chi connectivity index (χ4v) is 7.08. The molecule has 4 bridgehead atoms. The van der Waals surface area contributed by atoms with E-state index in [9.17, 15) is 32.2 Å². The van der Waals surface area contributed by atoms with Crippen molar-refractivity contribution in [2.24, 2.45) is 22.7 Å². The molecule has 186 valence electrons. The largest absolute Gasteiger partial charge is 0.453 e. The summed E-state index contributed by atoms with van der Waals surface area (Å²) in [6.07, 6.45) is 0.503. The molecule has 4 rings (SSSR count). The summed E-state index contributed by atoms with van der Waals surface area (Å²) in [6, 6.07) is 0. The Hall–Kier alpha value is -0.880. The van der Waals surface area contributed by atoms with Gasteiger partial charge < -0.3 is 19.7 Å². The Morgan fingerprint density at radius 2 is 1.72 bits per heavy atom. The molecule has 0 aromatic heterocycles. The third-order valence-electron chi connectivity index (χ3n) is 8.27. The first-order valence-electron chi connectivity index (χ1n) is 10.9. The topological polar surface area (TPSA) is 130 Å². The number of aliphatic hydroxyl groups is 2. The lowest BCUT2D eigenvalue weighted by Crippen LogP contribution is -2.70. The highest BCUT2D eigenvalue weighted by Gasteiger charge is 2.70. The SMILES string of the molecule is CC(OC(=O)COC1C2CC3CC(C(C)(C)O)(C2)CC1(C(C)(C)O)C3)C(F)(F)S(=O)(=O)O. The first kappa shape index (κ1) is 25.7. The van der Waals surface area contributed by atoms with Gasteiger partial charge in [-0.25, -0.2) is 4.79 Å². The van der Waals surface area contributed by atoms with Crippen LogP contribution in [0.3, 0.4) is 0 Å². The number of carbonyl (C=O) groups excluding carboxylic acids is 1. The maximum Gasteiger partial charge on any atom is 0.405 e. The summed E-state index contributed by atoms with van der Waals surface area (Å²) in [4.78, 5) is 12.2. The van der Waals surface area contributed by atoms with Gasteiger partial charge in [-0.2, -0.15) is 17.2 Å². The molecule has 8 nitrogen and oxygen atoms in total. The Labute approximate surface area is 187 Å². The van der Waals surface area contributed by atoms with E-state index in [-0.39, 0.29) is 5.92 Å². The minimum Gasteiger partial charge on any atom is -0.453 e. The van der Waals surface area contributed by atoms with Crippen LogP contribution >= 0.6 is 0 Å². The first-order chi connectivity index (χ1) is 14.3. The molecule has 0 aromatic carbocycles. The Bertz CT molecular complexity index is 862. The van der Waals surface area contributed by atoms with Crippen molar-refractivity contribution < 1.29 is 46.2 Å². The van der Waals surface area contributed by atoms with Gasteiger partial charge in [-0.3, -0.25) is 4.55 Å². The molecule has 0 saturated heterocycles. The molecule has 4 saturated carbocycles. The van der Waals surface area contributed by atoms with Crippen LogP contribution in [0.5, 0.6) is 0 Å². The van der Waals surface area contributed by atoms with Gasteiger partial charge in [-0.1, -0.05) is 0 Å². The summed E-state index contributed by atoms with van der Waals surface area (Å²) >= 11 is 0. The van der Waals surface area contributed by atoms with Crippen molar-refractivity contribution in [2.75, 3.05) is 6.61 Å². The maximum atomic E-state index is 13.7. The Balaban J connectivity index is 1.78. The average Bonchev–Trinajstić information content (AvgIpc) is 2.57. The van der Waals surface area contributed by atoms with E-state index in [1.165, 1.54) is 0 Å². The second kappa shape index (κ2) is 7.56. The Morgan fingerprint density at radius 1 is 1.12 bits per heavy atom. The first-order valence-corrected chi connectivity index (χ1v) is 12.3. The van der Waals surface area contributed by atoms with Crippen molar-refractivity contribution in [1.82, 2.24) is 0 Å². The van der Waals surface area contributed by atoms with E-state index in [1.54, 1.807) is 27.7 Å². The smallest absolute Gasteiger partial charge is 0.405 e. The minimum atomic E-state index is -5.75. The molecule has 6 unspecified atom stereocenters. The van der Waals surface area contributed by atoms with Crippen LogP contribution in [0, 0.1) is 22.7 Å². The van der Waals surface area contributed by atoms with Crippen LogP contribution in [0.25, 0.3) is 0 Å². The summed E-state index contributed by atoms with van der Waals surface area (Å²) in [5.74, 6) is -0.947. The zero-order valence-electron chi connectivity index (χ0n) is 19.1. The summed E-state index contributed by atoms with van der Waals surface area (Å²) < 4.78 is 68.1. The zero-order chi connectivity index (χ0) is 24.5. The third-order valence-corrected chi connectivity index (χ3v) is 9.29. The summed E-state index contributed by atoms with van der Waals surface area (Å²) in [5, 5.41) is 17.5. The highest BCUT2D eigenvalue weighted by molar-refractivity contribution is 7.86. The van der Waals surface area contributed by atoms with Crippen molar-refractivity contribution in [3.63, 3.8) is 0 Å². The second-order valence-corrected chi connectivity index (χ2v) is 12.6. The highest BCUT2D eigenvalue weighted by atomic mass is 32.2. The zero-order valence-corrected chi connectivity index (χ0v) is 19.9. The number of halogens is 2. The standard InChI is InChI=1S/C21H34F2O8S/c1-12(21(22,23)32(27,28)29)31-15(24)10-30-16-14-6-13-7-19(9-14,17(2,3)25)11-20(16,8-13)18(4,5)26/h12-14,16,25-26H,6-11H2,1-5H3,(H,27,28,29). The molecular weight excluding hydrogens is 450 g/mol. The third kappa shape index (κ3) is 3.97. The lowest BCUT2D eigenvalue weighted by atomic mass is 9.37. The van der Waals surface area contributed by atoms with Crippen LogP contribution in [0.2, 0.25) is 0 Å². The fourth-order valence-electron chi connectivity index (χ4n) is 6.62. The van der Waals surface area contributed by atoms with Gasteiger partial charge >= 0.3 is 21.3 Å². The molecule has 4 aliphatic carbocycles. The van der Waals surface area contributed by atoms with Gasteiger partial charge in [0.05, 0.1) is 17.3 Å². The second-order valence-electron chi connectivity index (χ2n) is 11.1. The molecule has 0 spiro atoms. The predicted octanol–water partition coefficient (Wildman–Crippen LogP) is 2.52. The number of hydrogen-bond donors (Lipinski definition) is 3. The Morgan fingerprint density at radius 3 is 2.22 bits per heavy atom. The molecule has 0 aromatic rings. The number of hydrogen-bond acceptors (Lipinski definition) is 7. The van der Waals surface area contributed by atoms with Gasteiger partial charge in [-0.05, 0) is 84.0 Å². The molecule has 0 radical (unpaired) electrons. The van der Waals surface area contributed by atoms with Crippen molar-refractivity contribution in [2.45, 2.75) is 95.4 Å². The quantitative estimate of drug-likeness (QED) is 0.354. The van der Waals surface area contributed by atoms with Crippen LogP contribution < -0.4 is 0 Å². The van der Waals surface area contributed by atoms with E-state index >= 15 is 0 Å². The number of carbonyl (C=O) groups is 1. The Kier molecular flexibility index (Phi) is 6.08. The van der Waals surface area contributed by atoms with E-state index in [4.69, 9.17) is 9.29 Å². The lowest BCUT2D eigenvalue weighted by Gasteiger charge is -2.70. The van der Waals surface area contributed by atoms with Crippen LogP contribution in [0.1, 0.15) is 66.7 Å². The summed E-state index contributed by atoms with van der Waals surface area (Å²) in [5.41, 5.74) is -3.31. The van der Waals surface area contributed by atoms with Gasteiger partial charge in [0.25, 0.3) is 0 Å². The normalized spacial score (nSPS) is 36.2. The fraction of sp³-hybridized carbons (Fsp3) is 0.952. The molecule has 4 aliphatic rings. The van der Waals surface area contributed by atoms with Crippen LogP contribution in [0.15, 0.2) is 0 Å². The molecule has 3 N–H and O–H groups in total. The maximum absolute atomic E-state index is 13.7. The summed E-state index contributed by atoms with van der Waals surface area (Å²) in [7, 11) is -5.75. The molecule has 0 aliphatic heterocycles. The van der Waals surface area contributed by atoms with Gasteiger partial charge in [0.15, 0.2) is 6.10 Å². The minimum absolute atomic E-state index is 0.0430. The highest BCUT2D eigenvalue weighted by Crippen LogP contribution is 2.71. The molecule has 6 atom stereocenters. The lowest BCUT2D eigenvalue weighted by molar-refractivity contribution is -0.291. The van der Waals surface area contributed by atoms with E-state index in [1.807, 2.05) is 0 Å². The predicted molar refractivity (Wildman–Crippen MR) is 109 cm³/mol. The average molecular weight is 485 g/mol. The van der Waals surface area contributed by atoms with Gasteiger partial charge in [0, 0.05) is 5.41 Å². The molecule has 11 heteroatoms. The molecule has 0 amide bonds. The molecule has 4 fully saturated rings. The monoisotopic (exact) mass is 484 g/mol. The summed E-state index contributed by atoms with van der Waals surface area (Å²) in [6.45, 7) is 6.89. The van der Waals surface area contributed by atoms with Crippen LogP contribution in [-0.4, -0.2) is 64.4 Å². The van der Waals surface area contributed by atoms with Crippen LogP contribution in [-0.2, 0) is 24.4 Å². The van der Waals surface area contributed by atoms with Crippen molar-refractivity contribution in [3.8, 4) is 0 Å². The van der Waals surface area contributed by atoms with E-state index in [0.717, 1.165) is 12.8 Å². The van der Waals surface area contributed by atoms with E-state index < -0.39 is 62.2 Å².